The lowest BCUT2D eigenvalue weighted by Gasteiger charge is -2.51. The van der Waals surface area contributed by atoms with Crippen LogP contribution in [0.15, 0.2) is 109 Å². The van der Waals surface area contributed by atoms with Crippen LogP contribution in [0.1, 0.15) is 37.8 Å². The average Bonchev–Trinajstić information content (AvgIpc) is 3.09. The molecule has 1 aliphatic rings. The zero-order valence-corrected chi connectivity index (χ0v) is 29.8. The second kappa shape index (κ2) is 17.2. The van der Waals surface area contributed by atoms with Gasteiger partial charge < -0.3 is 29.5 Å². The van der Waals surface area contributed by atoms with Gasteiger partial charge in [-0.25, -0.2) is 0 Å². The molecule has 0 saturated heterocycles. The third-order valence-corrected chi connectivity index (χ3v) is 9.91. The summed E-state index contributed by atoms with van der Waals surface area (Å²) in [5.74, 6) is -3.38. The Morgan fingerprint density at radius 2 is 0.860 bits per heavy atom. The van der Waals surface area contributed by atoms with E-state index in [-0.39, 0.29) is 0 Å². The van der Waals surface area contributed by atoms with Crippen molar-refractivity contribution in [1.82, 2.24) is 9.80 Å². The predicted molar refractivity (Wildman–Crippen MR) is 202 cm³/mol. The minimum atomic E-state index is -1.19. The smallest absolute Gasteiger partial charge is 0.308 e. The largest absolute Gasteiger partial charge is 0.481 e. The molecule has 2 N–H and O–H groups in total. The number of ether oxygens (including phenoxy) is 2. The Labute approximate surface area is 304 Å². The highest BCUT2D eigenvalue weighted by Crippen LogP contribution is 2.50. The monoisotopic (exact) mass is 710 g/mol. The fourth-order valence-electron chi connectivity index (χ4n) is 6.49. The Kier molecular flexibility index (Phi) is 12.6. The zero-order valence-electron chi connectivity index (χ0n) is 28.2. The van der Waals surface area contributed by atoms with Crippen LogP contribution in [0.2, 0.25) is 0 Å². The molecule has 0 aliphatic heterocycles. The van der Waals surface area contributed by atoms with Gasteiger partial charge >= 0.3 is 11.9 Å². The second-order valence-electron chi connectivity index (χ2n) is 12.4. The van der Waals surface area contributed by atoms with E-state index in [1.807, 2.05) is 133 Å². The molecule has 0 amide bonds. The summed E-state index contributed by atoms with van der Waals surface area (Å²) in [6.07, 6.45) is 1.53. The van der Waals surface area contributed by atoms with Crippen LogP contribution < -0.4 is 9.47 Å². The van der Waals surface area contributed by atoms with Crippen molar-refractivity contribution in [2.24, 2.45) is 23.7 Å². The maximum absolute atomic E-state index is 12.6. The minimum Gasteiger partial charge on any atom is -0.481 e. The van der Waals surface area contributed by atoms with Gasteiger partial charge in [-0.15, -0.1) is 0 Å². The topological polar surface area (TPSA) is 99.5 Å². The molecule has 4 atom stereocenters. The van der Waals surface area contributed by atoms with Crippen molar-refractivity contribution < 1.29 is 29.3 Å². The van der Waals surface area contributed by atoms with Crippen molar-refractivity contribution in [2.75, 3.05) is 13.1 Å². The van der Waals surface area contributed by atoms with E-state index >= 15 is 0 Å². The van der Waals surface area contributed by atoms with E-state index in [1.54, 1.807) is 0 Å². The standard InChI is InChI=1S/C40H42N2O6S2/c1-3-23-41(25-27-15-19-31(20-16-27)47-29-11-7-5-8-12-29)37(49)33-34(36(40(45)46)35(33)39(43)44)38(50)42(24-4-2)26-28-17-21-32(22-18-28)48-30-13-9-6-10-14-30/h5-22,33-36H,3-4,23-26H2,1-2H3,(H,43,44)(H,45,46)/t33-,34-,35-,36-/m1/s1. The first-order valence-corrected chi connectivity index (χ1v) is 17.7. The fourth-order valence-corrected chi connectivity index (χ4v) is 7.39. The number of benzene rings is 4. The minimum absolute atomic E-state index is 0.424. The lowest BCUT2D eigenvalue weighted by molar-refractivity contribution is -0.166. The summed E-state index contributed by atoms with van der Waals surface area (Å²) in [7, 11) is 0. The summed E-state index contributed by atoms with van der Waals surface area (Å²) in [4.78, 5) is 30.1. The Bertz CT molecular complexity index is 1620. The van der Waals surface area contributed by atoms with Crippen molar-refractivity contribution >= 4 is 46.4 Å². The Morgan fingerprint density at radius 3 is 1.16 bits per heavy atom. The molecule has 8 nitrogen and oxygen atoms in total. The first kappa shape index (κ1) is 36.5. The van der Waals surface area contributed by atoms with Crippen molar-refractivity contribution in [3.8, 4) is 23.0 Å². The van der Waals surface area contributed by atoms with Crippen LogP contribution in [-0.4, -0.2) is 55.0 Å². The van der Waals surface area contributed by atoms with E-state index in [0.29, 0.717) is 47.7 Å². The van der Waals surface area contributed by atoms with Gasteiger partial charge in [-0.3, -0.25) is 9.59 Å². The van der Waals surface area contributed by atoms with Crippen molar-refractivity contribution in [3.05, 3.63) is 120 Å². The maximum Gasteiger partial charge on any atom is 0.308 e. The second-order valence-corrected chi connectivity index (χ2v) is 13.3. The van der Waals surface area contributed by atoms with Crippen LogP contribution >= 0.6 is 24.4 Å². The van der Waals surface area contributed by atoms with Crippen LogP contribution in [-0.2, 0) is 22.7 Å². The molecule has 50 heavy (non-hydrogen) atoms. The molecule has 1 saturated carbocycles. The van der Waals surface area contributed by atoms with Gasteiger partial charge in [-0.2, -0.15) is 0 Å². The molecule has 4 aromatic rings. The third kappa shape index (κ3) is 8.86. The SMILES string of the molecule is CCCN(Cc1ccc(Oc2ccccc2)cc1)C(=S)[C@H]1[C@@H](C(=O)O)[C@H](C(=O)O)[C@@H]1C(=S)N(CCC)Cc1ccc(Oc2ccccc2)cc1. The molecule has 0 unspecified atom stereocenters. The molecular formula is C40H42N2O6S2. The Balaban J connectivity index is 1.35. The van der Waals surface area contributed by atoms with E-state index in [9.17, 15) is 19.8 Å². The highest BCUT2D eigenvalue weighted by Gasteiger charge is 2.62. The van der Waals surface area contributed by atoms with Crippen LogP contribution in [0.3, 0.4) is 0 Å². The summed E-state index contributed by atoms with van der Waals surface area (Å²) in [5.41, 5.74) is 1.93. The van der Waals surface area contributed by atoms with Gasteiger partial charge in [0.1, 0.15) is 23.0 Å². The molecular weight excluding hydrogens is 669 g/mol. The Hall–Kier alpha value is -4.80. The van der Waals surface area contributed by atoms with Gasteiger partial charge in [-0.05, 0) is 72.5 Å². The number of para-hydroxylation sites is 2. The van der Waals surface area contributed by atoms with Crippen molar-refractivity contribution in [1.29, 1.82) is 0 Å². The number of carboxylic acid groups (broad SMARTS) is 2. The third-order valence-electron chi connectivity index (χ3n) is 8.85. The summed E-state index contributed by atoms with van der Waals surface area (Å²) in [5, 5.41) is 20.6. The van der Waals surface area contributed by atoms with Crippen LogP contribution in [0.4, 0.5) is 0 Å². The normalized spacial score (nSPS) is 18.0. The summed E-state index contributed by atoms with van der Waals surface area (Å²) in [6, 6.07) is 34.4. The molecule has 4 aromatic carbocycles. The molecule has 0 heterocycles. The summed E-state index contributed by atoms with van der Waals surface area (Å²) in [6.45, 7) is 6.10. The van der Waals surface area contributed by atoms with Crippen LogP contribution in [0.5, 0.6) is 23.0 Å². The van der Waals surface area contributed by atoms with Gasteiger partial charge in [-0.1, -0.05) is 98.9 Å². The van der Waals surface area contributed by atoms with E-state index in [4.69, 9.17) is 33.9 Å². The van der Waals surface area contributed by atoms with Gasteiger partial charge in [0.2, 0.25) is 0 Å². The molecule has 260 valence electrons. The predicted octanol–water partition coefficient (Wildman–Crippen LogP) is 8.70. The fraction of sp³-hybridized carbons (Fsp3) is 0.300. The molecule has 1 fully saturated rings. The number of hydrogen-bond donors (Lipinski definition) is 2. The number of thiocarbonyl (C=S) groups is 2. The van der Waals surface area contributed by atoms with E-state index in [1.165, 1.54) is 0 Å². The average molecular weight is 711 g/mol. The van der Waals surface area contributed by atoms with Crippen LogP contribution in [0.25, 0.3) is 0 Å². The lowest BCUT2D eigenvalue weighted by atomic mass is 9.55. The number of carboxylic acids is 2. The number of rotatable bonds is 16. The number of nitrogens with zero attached hydrogens (tertiary/aromatic N) is 2. The number of carbonyl (C=O) groups is 2. The maximum atomic E-state index is 12.6. The molecule has 5 rings (SSSR count). The number of aliphatic carboxylic acids is 2. The molecule has 0 bridgehead atoms. The quantitative estimate of drug-likeness (QED) is 0.110. The zero-order chi connectivity index (χ0) is 35.6. The lowest BCUT2D eigenvalue weighted by Crippen LogP contribution is -2.63. The van der Waals surface area contributed by atoms with E-state index in [2.05, 4.69) is 0 Å². The summed E-state index contributed by atoms with van der Waals surface area (Å²) < 4.78 is 11.9. The first-order chi connectivity index (χ1) is 24.2. The molecule has 0 aromatic heterocycles. The number of hydrogen-bond acceptors (Lipinski definition) is 6. The van der Waals surface area contributed by atoms with Crippen molar-refractivity contribution in [2.45, 2.75) is 39.8 Å². The highest BCUT2D eigenvalue weighted by atomic mass is 32.1. The van der Waals surface area contributed by atoms with Gasteiger partial charge in [0.05, 0.1) is 21.8 Å². The highest BCUT2D eigenvalue weighted by molar-refractivity contribution is 7.80. The molecule has 0 radical (unpaired) electrons. The van der Waals surface area contributed by atoms with Gasteiger partial charge in [0.25, 0.3) is 0 Å². The van der Waals surface area contributed by atoms with E-state index < -0.39 is 35.6 Å². The molecule has 10 heteroatoms. The molecule has 1 aliphatic carbocycles. The first-order valence-electron chi connectivity index (χ1n) is 16.9. The summed E-state index contributed by atoms with van der Waals surface area (Å²) >= 11 is 12.1. The van der Waals surface area contributed by atoms with Gasteiger partial charge in [0.15, 0.2) is 0 Å². The Morgan fingerprint density at radius 1 is 0.540 bits per heavy atom. The van der Waals surface area contributed by atoms with E-state index in [0.717, 1.165) is 35.5 Å². The molecule has 0 spiro atoms. The van der Waals surface area contributed by atoms with Crippen molar-refractivity contribution in [3.63, 3.8) is 0 Å². The van der Waals surface area contributed by atoms with Gasteiger partial charge in [0, 0.05) is 38.0 Å². The van der Waals surface area contributed by atoms with Crippen LogP contribution in [0, 0.1) is 23.7 Å².